The molecule has 1 aromatic carbocycles. The fraction of sp³-hybridized carbons (Fsp3) is 0.0455. The number of carbonyl (C=O) groups excluding carboxylic acids is 1. The van der Waals surface area contributed by atoms with Crippen LogP contribution >= 0.6 is 11.3 Å². The Kier molecular flexibility index (Phi) is 4.33. The number of halogens is 1. The van der Waals surface area contributed by atoms with Crippen molar-refractivity contribution in [1.82, 2.24) is 14.5 Å². The summed E-state index contributed by atoms with van der Waals surface area (Å²) in [6.45, 7) is 1.67. The van der Waals surface area contributed by atoms with Crippen LogP contribution in [0.4, 0.5) is 4.39 Å². The standard InChI is InChI=1S/C22H14FN3O4S/c1-11-8-9-15(30-11)18(27)16-17(12-5-2-3-6-13(12)23)26(21(29)19(16)28)22-25-14-7-4-10-24-20(14)31-22/h2-10,28-29H,1H3. The number of aryl methyl sites for hydroxylation is 1. The van der Waals surface area contributed by atoms with Crippen LogP contribution in [0, 0.1) is 12.7 Å². The number of rotatable bonds is 4. The molecule has 0 amide bonds. The minimum Gasteiger partial charge on any atom is -0.503 e. The number of pyridine rings is 1. The number of aromatic nitrogens is 3. The third-order valence-electron chi connectivity index (χ3n) is 4.79. The molecule has 0 aliphatic carbocycles. The van der Waals surface area contributed by atoms with E-state index in [2.05, 4.69) is 9.97 Å². The molecule has 2 N–H and O–H groups in total. The number of fused-ring (bicyclic) bond motifs is 1. The largest absolute Gasteiger partial charge is 0.503 e. The van der Waals surface area contributed by atoms with Gasteiger partial charge in [-0.1, -0.05) is 23.5 Å². The molecule has 0 bridgehead atoms. The van der Waals surface area contributed by atoms with E-state index in [-0.39, 0.29) is 27.7 Å². The quantitative estimate of drug-likeness (QED) is 0.392. The van der Waals surface area contributed by atoms with E-state index in [0.29, 0.717) is 16.1 Å². The zero-order chi connectivity index (χ0) is 21.7. The highest BCUT2D eigenvalue weighted by molar-refractivity contribution is 7.20. The Morgan fingerprint density at radius 2 is 1.94 bits per heavy atom. The van der Waals surface area contributed by atoms with Crippen molar-refractivity contribution < 1.29 is 23.8 Å². The number of thiazole rings is 1. The van der Waals surface area contributed by atoms with Crippen molar-refractivity contribution in [1.29, 1.82) is 0 Å². The number of nitrogens with zero attached hydrogens (tertiary/aromatic N) is 3. The molecule has 0 atom stereocenters. The lowest BCUT2D eigenvalue weighted by Gasteiger charge is -2.09. The molecule has 5 rings (SSSR count). The Labute approximate surface area is 178 Å². The summed E-state index contributed by atoms with van der Waals surface area (Å²) in [4.78, 5) is 22.5. The average Bonchev–Trinajstić information content (AvgIpc) is 3.44. The molecule has 0 aliphatic rings. The van der Waals surface area contributed by atoms with Gasteiger partial charge in [-0.15, -0.1) is 0 Å². The predicted octanol–water partition coefficient (Wildman–Crippen LogP) is 4.83. The molecule has 0 saturated carbocycles. The van der Waals surface area contributed by atoms with Gasteiger partial charge in [-0.05, 0) is 43.3 Å². The van der Waals surface area contributed by atoms with Gasteiger partial charge in [-0.3, -0.25) is 9.36 Å². The van der Waals surface area contributed by atoms with Crippen LogP contribution in [-0.2, 0) is 0 Å². The van der Waals surface area contributed by atoms with Crippen LogP contribution in [0.1, 0.15) is 21.9 Å². The van der Waals surface area contributed by atoms with Gasteiger partial charge in [0.05, 0.1) is 11.3 Å². The minimum absolute atomic E-state index is 0.0111. The van der Waals surface area contributed by atoms with E-state index in [1.54, 1.807) is 37.4 Å². The van der Waals surface area contributed by atoms with Gasteiger partial charge in [0.25, 0.3) is 0 Å². The number of furan rings is 1. The lowest BCUT2D eigenvalue weighted by atomic mass is 10.0. The van der Waals surface area contributed by atoms with E-state index in [1.807, 2.05) is 0 Å². The van der Waals surface area contributed by atoms with Gasteiger partial charge < -0.3 is 14.6 Å². The van der Waals surface area contributed by atoms with Gasteiger partial charge >= 0.3 is 0 Å². The van der Waals surface area contributed by atoms with Gasteiger partial charge in [0, 0.05) is 11.8 Å². The van der Waals surface area contributed by atoms with Crippen LogP contribution in [0.2, 0.25) is 0 Å². The zero-order valence-corrected chi connectivity index (χ0v) is 16.9. The summed E-state index contributed by atoms with van der Waals surface area (Å²) in [5, 5.41) is 21.7. The Balaban J connectivity index is 1.84. The fourth-order valence-corrected chi connectivity index (χ4v) is 4.31. The molecule has 4 aromatic heterocycles. The SMILES string of the molecule is Cc1ccc(C(=O)c2c(O)c(O)n(-c3nc4cccnc4s3)c2-c2ccccc2F)o1. The maximum atomic E-state index is 14.8. The molecule has 0 saturated heterocycles. The molecule has 31 heavy (non-hydrogen) atoms. The zero-order valence-electron chi connectivity index (χ0n) is 16.0. The highest BCUT2D eigenvalue weighted by Crippen LogP contribution is 2.45. The number of hydrogen-bond donors (Lipinski definition) is 2. The summed E-state index contributed by atoms with van der Waals surface area (Å²) in [5.41, 5.74) is 0.247. The van der Waals surface area contributed by atoms with Crippen molar-refractivity contribution in [2.24, 2.45) is 0 Å². The first-order chi connectivity index (χ1) is 15.0. The smallest absolute Gasteiger partial charge is 0.242 e. The Bertz CT molecular complexity index is 1430. The van der Waals surface area contributed by atoms with Gasteiger partial charge in [0.1, 0.15) is 21.9 Å². The van der Waals surface area contributed by atoms with Crippen molar-refractivity contribution in [2.75, 3.05) is 0 Å². The lowest BCUT2D eigenvalue weighted by Crippen LogP contribution is -2.05. The molecule has 0 unspecified atom stereocenters. The Morgan fingerprint density at radius 3 is 2.65 bits per heavy atom. The van der Waals surface area contributed by atoms with Crippen molar-refractivity contribution in [2.45, 2.75) is 6.92 Å². The lowest BCUT2D eigenvalue weighted by molar-refractivity contribution is 0.101. The molecular formula is C22H14FN3O4S. The Hall–Kier alpha value is -3.98. The number of aromatic hydroxyl groups is 2. The predicted molar refractivity (Wildman–Crippen MR) is 112 cm³/mol. The van der Waals surface area contributed by atoms with Gasteiger partial charge in [0.2, 0.25) is 11.7 Å². The average molecular weight is 435 g/mol. The van der Waals surface area contributed by atoms with Crippen molar-refractivity contribution in [3.63, 3.8) is 0 Å². The van der Waals surface area contributed by atoms with Gasteiger partial charge in [-0.25, -0.2) is 14.4 Å². The summed E-state index contributed by atoms with van der Waals surface area (Å²) in [7, 11) is 0. The number of carbonyl (C=O) groups is 1. The van der Waals surface area contributed by atoms with E-state index in [9.17, 15) is 19.4 Å². The van der Waals surface area contributed by atoms with Crippen LogP contribution in [0.3, 0.4) is 0 Å². The van der Waals surface area contributed by atoms with Crippen molar-refractivity contribution in [3.05, 3.63) is 77.6 Å². The first-order valence-electron chi connectivity index (χ1n) is 9.20. The van der Waals surface area contributed by atoms with Crippen LogP contribution in [-0.4, -0.2) is 30.5 Å². The summed E-state index contributed by atoms with van der Waals surface area (Å²) in [5.74, 6) is -2.21. The maximum absolute atomic E-state index is 14.8. The molecule has 9 heteroatoms. The highest BCUT2D eigenvalue weighted by Gasteiger charge is 2.33. The summed E-state index contributed by atoms with van der Waals surface area (Å²) in [6, 6.07) is 12.3. The number of hydrogen-bond acceptors (Lipinski definition) is 7. The molecule has 0 spiro atoms. The fourth-order valence-electron chi connectivity index (χ4n) is 3.39. The second kappa shape index (κ2) is 7.06. The Morgan fingerprint density at radius 1 is 1.13 bits per heavy atom. The molecule has 0 radical (unpaired) electrons. The highest BCUT2D eigenvalue weighted by atomic mass is 32.1. The van der Waals surface area contributed by atoms with Crippen molar-refractivity contribution >= 4 is 27.5 Å². The van der Waals surface area contributed by atoms with Crippen molar-refractivity contribution in [3.8, 4) is 28.0 Å². The van der Waals surface area contributed by atoms with E-state index in [0.717, 1.165) is 15.9 Å². The normalized spacial score (nSPS) is 11.3. The monoisotopic (exact) mass is 435 g/mol. The van der Waals surface area contributed by atoms with E-state index < -0.39 is 23.2 Å². The third-order valence-corrected chi connectivity index (χ3v) is 5.75. The van der Waals surface area contributed by atoms with Crippen LogP contribution < -0.4 is 0 Å². The molecule has 5 aromatic rings. The molecule has 4 heterocycles. The summed E-state index contributed by atoms with van der Waals surface area (Å²) < 4.78 is 21.4. The topological polar surface area (TPSA) is 101 Å². The maximum Gasteiger partial charge on any atom is 0.242 e. The number of ketones is 1. The van der Waals surface area contributed by atoms with Gasteiger partial charge in [0.15, 0.2) is 16.6 Å². The van der Waals surface area contributed by atoms with Crippen LogP contribution in [0.5, 0.6) is 11.6 Å². The summed E-state index contributed by atoms with van der Waals surface area (Å²) in [6.07, 6.45) is 1.60. The molecule has 0 aliphatic heterocycles. The van der Waals surface area contributed by atoms with Crippen LogP contribution in [0.15, 0.2) is 59.1 Å². The van der Waals surface area contributed by atoms with E-state index in [4.69, 9.17) is 4.42 Å². The number of benzene rings is 1. The van der Waals surface area contributed by atoms with Gasteiger partial charge in [-0.2, -0.15) is 0 Å². The minimum atomic E-state index is -0.697. The molecule has 154 valence electrons. The third kappa shape index (κ3) is 2.98. The molecule has 0 fully saturated rings. The van der Waals surface area contributed by atoms with Crippen LogP contribution in [0.25, 0.3) is 26.7 Å². The second-order valence-electron chi connectivity index (χ2n) is 6.77. The second-order valence-corrected chi connectivity index (χ2v) is 7.73. The summed E-state index contributed by atoms with van der Waals surface area (Å²) >= 11 is 1.13. The van der Waals surface area contributed by atoms with E-state index >= 15 is 0 Å². The first-order valence-corrected chi connectivity index (χ1v) is 10.0. The van der Waals surface area contributed by atoms with E-state index in [1.165, 1.54) is 24.3 Å². The first kappa shape index (κ1) is 19.0. The molecule has 7 nitrogen and oxygen atoms in total. The molecular weight excluding hydrogens is 421 g/mol.